The van der Waals surface area contributed by atoms with Gasteiger partial charge in [-0.3, -0.25) is 0 Å². The molecule has 2 rings (SSSR count). The van der Waals surface area contributed by atoms with Gasteiger partial charge in [0, 0.05) is 22.3 Å². The van der Waals surface area contributed by atoms with Crippen LogP contribution in [0, 0.1) is 0 Å². The van der Waals surface area contributed by atoms with Gasteiger partial charge in [-0.25, -0.2) is 9.97 Å². The van der Waals surface area contributed by atoms with E-state index in [2.05, 4.69) is 9.97 Å². The van der Waals surface area contributed by atoms with E-state index in [0.717, 1.165) is 5.56 Å². The van der Waals surface area contributed by atoms with Crippen LogP contribution in [0.1, 0.15) is 0 Å². The number of halogens is 2. The van der Waals surface area contributed by atoms with Crippen molar-refractivity contribution in [3.05, 3.63) is 40.8 Å². The fraction of sp³-hybridized carbons (Fsp3) is 0. The van der Waals surface area contributed by atoms with Gasteiger partial charge in [0.2, 0.25) is 5.28 Å². The fourth-order valence-corrected chi connectivity index (χ4v) is 1.64. The normalized spacial score (nSPS) is 10.3. The number of benzene rings is 1. The zero-order chi connectivity index (χ0) is 10.8. The summed E-state index contributed by atoms with van der Waals surface area (Å²) >= 11 is 11.6. The Balaban J connectivity index is 2.60. The lowest BCUT2D eigenvalue weighted by Crippen LogP contribution is -1.96. The molecule has 0 bridgehead atoms. The van der Waals surface area contributed by atoms with E-state index >= 15 is 0 Å². The highest BCUT2D eigenvalue weighted by Gasteiger charge is 2.08. The van der Waals surface area contributed by atoms with Gasteiger partial charge in [0.05, 0.1) is 0 Å². The van der Waals surface area contributed by atoms with E-state index in [9.17, 15) is 0 Å². The highest BCUT2D eigenvalue weighted by Crippen LogP contribution is 2.30. The molecule has 0 unspecified atom stereocenters. The van der Waals surface area contributed by atoms with E-state index in [4.69, 9.17) is 28.9 Å². The highest BCUT2D eigenvalue weighted by molar-refractivity contribution is 6.33. The van der Waals surface area contributed by atoms with Gasteiger partial charge >= 0.3 is 0 Å². The molecular weight excluding hydrogens is 233 g/mol. The molecular formula is C10H7Cl2N3. The molecule has 0 amide bonds. The number of nitrogens with zero attached hydrogens (tertiary/aromatic N) is 2. The molecule has 3 nitrogen and oxygen atoms in total. The lowest BCUT2D eigenvalue weighted by molar-refractivity contribution is 1.18. The number of nitrogens with two attached hydrogens (primary N) is 1. The maximum Gasteiger partial charge on any atom is 0.224 e. The SMILES string of the molecule is Nc1nc(Cl)ncc1-c1ccccc1Cl. The summed E-state index contributed by atoms with van der Waals surface area (Å²) in [7, 11) is 0. The van der Waals surface area contributed by atoms with Crippen molar-refractivity contribution >= 4 is 29.0 Å². The van der Waals surface area contributed by atoms with Crippen LogP contribution in [0.3, 0.4) is 0 Å². The van der Waals surface area contributed by atoms with Crippen molar-refractivity contribution in [2.75, 3.05) is 5.73 Å². The second-order valence-corrected chi connectivity index (χ2v) is 3.66. The van der Waals surface area contributed by atoms with Crippen molar-refractivity contribution in [2.45, 2.75) is 0 Å². The predicted molar refractivity (Wildman–Crippen MR) is 61.9 cm³/mol. The molecule has 76 valence electrons. The molecule has 0 aliphatic rings. The smallest absolute Gasteiger partial charge is 0.224 e. The van der Waals surface area contributed by atoms with E-state index in [1.807, 2.05) is 18.2 Å². The lowest BCUT2D eigenvalue weighted by atomic mass is 10.1. The maximum absolute atomic E-state index is 6.03. The molecule has 1 heterocycles. The summed E-state index contributed by atoms with van der Waals surface area (Å²) < 4.78 is 0. The largest absolute Gasteiger partial charge is 0.383 e. The summed E-state index contributed by atoms with van der Waals surface area (Å²) in [6.07, 6.45) is 1.56. The zero-order valence-corrected chi connectivity index (χ0v) is 9.13. The van der Waals surface area contributed by atoms with Gasteiger partial charge in [-0.05, 0) is 17.7 Å². The Morgan fingerprint density at radius 1 is 1.07 bits per heavy atom. The summed E-state index contributed by atoms with van der Waals surface area (Å²) in [6, 6.07) is 7.35. The minimum atomic E-state index is 0.128. The quantitative estimate of drug-likeness (QED) is 0.779. The molecule has 0 radical (unpaired) electrons. The van der Waals surface area contributed by atoms with Gasteiger partial charge in [0.15, 0.2) is 0 Å². The molecule has 1 aromatic heterocycles. The van der Waals surface area contributed by atoms with Crippen LogP contribution in [0.4, 0.5) is 5.82 Å². The predicted octanol–water partition coefficient (Wildman–Crippen LogP) is 3.03. The summed E-state index contributed by atoms with van der Waals surface area (Å²) in [5.74, 6) is 0.322. The van der Waals surface area contributed by atoms with Crippen molar-refractivity contribution < 1.29 is 0 Å². The van der Waals surface area contributed by atoms with Crippen molar-refractivity contribution in [1.82, 2.24) is 9.97 Å². The molecule has 2 N–H and O–H groups in total. The first-order valence-electron chi connectivity index (χ1n) is 4.21. The number of hydrogen-bond acceptors (Lipinski definition) is 3. The maximum atomic E-state index is 6.03. The first kappa shape index (κ1) is 10.2. The third-order valence-corrected chi connectivity index (χ3v) is 2.46. The molecule has 0 spiro atoms. The zero-order valence-electron chi connectivity index (χ0n) is 7.61. The Kier molecular flexibility index (Phi) is 2.75. The Bertz CT molecular complexity index is 500. The summed E-state index contributed by atoms with van der Waals surface area (Å²) in [5, 5.41) is 0.735. The van der Waals surface area contributed by atoms with Crippen LogP contribution < -0.4 is 5.73 Å². The topological polar surface area (TPSA) is 51.8 Å². The number of anilines is 1. The number of nitrogen functional groups attached to an aromatic ring is 1. The molecule has 2 aromatic rings. The van der Waals surface area contributed by atoms with E-state index < -0.39 is 0 Å². The Morgan fingerprint density at radius 2 is 1.80 bits per heavy atom. The van der Waals surface area contributed by atoms with Gasteiger partial charge in [-0.1, -0.05) is 29.8 Å². The molecule has 0 saturated carbocycles. The number of rotatable bonds is 1. The molecule has 1 aromatic carbocycles. The number of hydrogen-bond donors (Lipinski definition) is 1. The summed E-state index contributed by atoms with van der Waals surface area (Å²) in [5.41, 5.74) is 7.21. The first-order valence-corrected chi connectivity index (χ1v) is 4.97. The van der Waals surface area contributed by atoms with E-state index in [-0.39, 0.29) is 5.28 Å². The van der Waals surface area contributed by atoms with Crippen LogP contribution in [0.25, 0.3) is 11.1 Å². The van der Waals surface area contributed by atoms with E-state index in [1.54, 1.807) is 12.3 Å². The van der Waals surface area contributed by atoms with Crippen LogP contribution >= 0.6 is 23.2 Å². The lowest BCUT2D eigenvalue weighted by Gasteiger charge is -2.05. The van der Waals surface area contributed by atoms with Crippen LogP contribution in [-0.2, 0) is 0 Å². The highest BCUT2D eigenvalue weighted by atomic mass is 35.5. The van der Waals surface area contributed by atoms with Gasteiger partial charge in [-0.2, -0.15) is 0 Å². The van der Waals surface area contributed by atoms with Crippen LogP contribution in [0.15, 0.2) is 30.5 Å². The second-order valence-electron chi connectivity index (χ2n) is 2.92. The molecule has 0 fully saturated rings. The van der Waals surface area contributed by atoms with E-state index in [1.165, 1.54) is 0 Å². The minimum Gasteiger partial charge on any atom is -0.383 e. The average Bonchev–Trinajstić information content (AvgIpc) is 2.20. The van der Waals surface area contributed by atoms with Gasteiger partial charge in [0.1, 0.15) is 5.82 Å². The first-order chi connectivity index (χ1) is 7.18. The van der Waals surface area contributed by atoms with Crippen LogP contribution in [-0.4, -0.2) is 9.97 Å². The Labute approximate surface area is 96.9 Å². The van der Waals surface area contributed by atoms with Crippen LogP contribution in [0.2, 0.25) is 10.3 Å². The minimum absolute atomic E-state index is 0.128. The van der Waals surface area contributed by atoms with Crippen molar-refractivity contribution in [1.29, 1.82) is 0 Å². The number of aromatic nitrogens is 2. The third kappa shape index (κ3) is 2.03. The molecule has 15 heavy (non-hydrogen) atoms. The van der Waals surface area contributed by atoms with Gasteiger partial charge in [0.25, 0.3) is 0 Å². The average molecular weight is 240 g/mol. The molecule has 0 atom stereocenters. The van der Waals surface area contributed by atoms with Crippen molar-refractivity contribution in [3.8, 4) is 11.1 Å². The molecule has 5 heteroatoms. The molecule has 0 aliphatic heterocycles. The van der Waals surface area contributed by atoms with Crippen LogP contribution in [0.5, 0.6) is 0 Å². The summed E-state index contributed by atoms with van der Waals surface area (Å²) in [4.78, 5) is 7.74. The van der Waals surface area contributed by atoms with Crippen molar-refractivity contribution in [3.63, 3.8) is 0 Å². The molecule has 0 saturated heterocycles. The third-order valence-electron chi connectivity index (χ3n) is 1.95. The van der Waals surface area contributed by atoms with Gasteiger partial charge in [-0.15, -0.1) is 0 Å². The van der Waals surface area contributed by atoms with Gasteiger partial charge < -0.3 is 5.73 Å². The van der Waals surface area contributed by atoms with E-state index in [0.29, 0.717) is 16.4 Å². The Hall–Kier alpha value is -1.32. The second kappa shape index (κ2) is 4.04. The summed E-state index contributed by atoms with van der Waals surface area (Å²) in [6.45, 7) is 0. The Morgan fingerprint density at radius 3 is 2.47 bits per heavy atom. The molecule has 0 aliphatic carbocycles. The fourth-order valence-electron chi connectivity index (χ4n) is 1.26. The van der Waals surface area contributed by atoms with Crippen molar-refractivity contribution in [2.24, 2.45) is 0 Å². The monoisotopic (exact) mass is 239 g/mol. The standard InChI is InChI=1S/C10H7Cl2N3/c11-8-4-2-1-3-6(8)7-5-14-10(12)15-9(7)13/h1-5H,(H2,13,14,15).